The number of hydrogen-bond acceptors (Lipinski definition) is 3. The Bertz CT molecular complexity index is 535. The number of carboxylic acids is 1. The van der Waals surface area contributed by atoms with Crippen LogP contribution >= 0.6 is 0 Å². The Morgan fingerprint density at radius 2 is 1.90 bits per heavy atom. The number of ether oxygens (including phenoxy) is 1. The van der Waals surface area contributed by atoms with Gasteiger partial charge in [0.15, 0.2) is 6.10 Å². The number of carboxylic acid groups (broad SMARTS) is 1. The molecule has 0 radical (unpaired) electrons. The van der Waals surface area contributed by atoms with Crippen molar-refractivity contribution in [3.63, 3.8) is 0 Å². The summed E-state index contributed by atoms with van der Waals surface area (Å²) < 4.78 is 5.36. The molecule has 1 aromatic carbocycles. The average Bonchev–Trinajstić information content (AvgIpc) is 3.11. The van der Waals surface area contributed by atoms with E-state index >= 15 is 0 Å². The summed E-state index contributed by atoms with van der Waals surface area (Å²) in [6, 6.07) is 7.87. The zero-order valence-corrected chi connectivity index (χ0v) is 11.6. The number of rotatable bonds is 3. The Morgan fingerprint density at radius 3 is 2.48 bits per heavy atom. The molecular weight excluding hydrogens is 272 g/mol. The van der Waals surface area contributed by atoms with Gasteiger partial charge in [-0.2, -0.15) is 0 Å². The molecule has 2 amide bonds. The first kappa shape index (κ1) is 13.9. The molecule has 0 aliphatic carbocycles. The normalized spacial score (nSPS) is 23.9. The minimum atomic E-state index is -0.932. The molecule has 0 saturated carbocycles. The molecule has 2 heterocycles. The number of nitrogens with zero attached hydrogens (tertiary/aromatic N) is 1. The molecular formula is C15H18N2O4. The first-order valence-electron chi connectivity index (χ1n) is 7.11. The van der Waals surface area contributed by atoms with Crippen LogP contribution in [0.2, 0.25) is 0 Å². The van der Waals surface area contributed by atoms with Crippen molar-refractivity contribution in [1.29, 1.82) is 0 Å². The highest BCUT2D eigenvalue weighted by atomic mass is 16.5. The fourth-order valence-corrected chi connectivity index (χ4v) is 2.83. The summed E-state index contributed by atoms with van der Waals surface area (Å²) in [6.45, 7) is 1.59. The minimum absolute atomic E-state index is 0.131. The molecule has 3 rings (SSSR count). The smallest absolute Gasteiger partial charge is 0.332 e. The number of hydrogen-bond donors (Lipinski definition) is 2. The monoisotopic (exact) mass is 290 g/mol. The summed E-state index contributed by atoms with van der Waals surface area (Å²) in [5.41, 5.74) is 2.35. The average molecular weight is 290 g/mol. The molecule has 6 heteroatoms. The summed E-state index contributed by atoms with van der Waals surface area (Å²) in [7, 11) is 0. The number of fused-ring (bicyclic) bond motifs is 1. The molecule has 1 saturated heterocycles. The predicted molar refractivity (Wildman–Crippen MR) is 74.6 cm³/mol. The number of amides is 2. The Labute approximate surface area is 122 Å². The molecule has 2 atom stereocenters. The number of aliphatic carboxylic acids is 1. The molecule has 0 bridgehead atoms. The van der Waals surface area contributed by atoms with E-state index in [1.54, 1.807) is 4.90 Å². The van der Waals surface area contributed by atoms with Gasteiger partial charge in [-0.1, -0.05) is 24.3 Å². The van der Waals surface area contributed by atoms with Crippen molar-refractivity contribution in [2.45, 2.75) is 38.1 Å². The van der Waals surface area contributed by atoms with Crippen LogP contribution < -0.4 is 5.32 Å². The molecule has 2 aliphatic heterocycles. The second-order valence-corrected chi connectivity index (χ2v) is 5.47. The Morgan fingerprint density at radius 1 is 1.24 bits per heavy atom. The maximum absolute atomic E-state index is 12.1. The lowest BCUT2D eigenvalue weighted by Crippen LogP contribution is -2.40. The highest BCUT2D eigenvalue weighted by Gasteiger charge is 2.31. The topological polar surface area (TPSA) is 78.9 Å². The van der Waals surface area contributed by atoms with E-state index in [0.29, 0.717) is 32.5 Å². The van der Waals surface area contributed by atoms with Gasteiger partial charge in [0.2, 0.25) is 0 Å². The highest BCUT2D eigenvalue weighted by Crippen LogP contribution is 2.22. The van der Waals surface area contributed by atoms with Crippen LogP contribution in [0.15, 0.2) is 24.3 Å². The van der Waals surface area contributed by atoms with Crippen LogP contribution in [0.5, 0.6) is 0 Å². The third-order valence-electron chi connectivity index (χ3n) is 3.99. The standard InChI is InChI=1S/C15H18N2O4/c18-14(19)13-6-5-12(21-13)7-16-15(20)17-8-10-3-1-2-4-11(10)9-17/h1-4,12-13H,5-9H2,(H,16,20)(H,18,19). The molecule has 21 heavy (non-hydrogen) atoms. The van der Waals surface area contributed by atoms with Crippen molar-refractivity contribution >= 4 is 12.0 Å². The van der Waals surface area contributed by atoms with E-state index in [2.05, 4.69) is 5.32 Å². The second kappa shape index (κ2) is 5.73. The van der Waals surface area contributed by atoms with Crippen LogP contribution in [0, 0.1) is 0 Å². The van der Waals surface area contributed by atoms with E-state index in [1.165, 1.54) is 11.1 Å². The Balaban J connectivity index is 1.47. The zero-order chi connectivity index (χ0) is 14.8. The lowest BCUT2D eigenvalue weighted by Gasteiger charge is -2.18. The lowest BCUT2D eigenvalue weighted by molar-refractivity contribution is -0.149. The third-order valence-corrected chi connectivity index (χ3v) is 3.99. The Hall–Kier alpha value is -2.08. The van der Waals surface area contributed by atoms with E-state index in [9.17, 15) is 9.59 Å². The summed E-state index contributed by atoms with van der Waals surface area (Å²) in [5, 5.41) is 11.7. The van der Waals surface area contributed by atoms with Gasteiger partial charge in [0.1, 0.15) is 0 Å². The van der Waals surface area contributed by atoms with E-state index in [0.717, 1.165) is 0 Å². The van der Waals surface area contributed by atoms with Gasteiger partial charge in [-0.05, 0) is 24.0 Å². The van der Waals surface area contributed by atoms with E-state index < -0.39 is 12.1 Å². The van der Waals surface area contributed by atoms with Gasteiger partial charge in [0.05, 0.1) is 6.10 Å². The maximum Gasteiger partial charge on any atom is 0.332 e. The SMILES string of the molecule is O=C(O)C1CCC(CNC(=O)N2Cc3ccccc3C2)O1. The second-order valence-electron chi connectivity index (χ2n) is 5.47. The predicted octanol–water partition coefficient (Wildman–Crippen LogP) is 1.34. The third kappa shape index (κ3) is 3.00. The molecule has 112 valence electrons. The number of urea groups is 1. The number of nitrogens with one attached hydrogen (secondary N) is 1. The summed E-state index contributed by atoms with van der Waals surface area (Å²) >= 11 is 0. The molecule has 2 N–H and O–H groups in total. The zero-order valence-electron chi connectivity index (χ0n) is 11.6. The van der Waals surface area contributed by atoms with Gasteiger partial charge in [0, 0.05) is 19.6 Å². The molecule has 1 fully saturated rings. The molecule has 0 aromatic heterocycles. The maximum atomic E-state index is 12.1. The van der Waals surface area contributed by atoms with Crippen molar-refractivity contribution < 1.29 is 19.4 Å². The number of benzene rings is 1. The first-order valence-corrected chi connectivity index (χ1v) is 7.11. The molecule has 0 spiro atoms. The van der Waals surface area contributed by atoms with Crippen LogP contribution in [0.25, 0.3) is 0 Å². The minimum Gasteiger partial charge on any atom is -0.479 e. The summed E-state index contributed by atoms with van der Waals surface area (Å²) in [5.74, 6) is -0.932. The largest absolute Gasteiger partial charge is 0.479 e. The van der Waals surface area contributed by atoms with Crippen molar-refractivity contribution in [2.75, 3.05) is 6.54 Å². The van der Waals surface area contributed by atoms with E-state index in [4.69, 9.17) is 9.84 Å². The van der Waals surface area contributed by atoms with Crippen molar-refractivity contribution in [3.8, 4) is 0 Å². The van der Waals surface area contributed by atoms with E-state index in [1.807, 2.05) is 24.3 Å². The van der Waals surface area contributed by atoms with Gasteiger partial charge in [-0.15, -0.1) is 0 Å². The van der Waals surface area contributed by atoms with Gasteiger partial charge < -0.3 is 20.1 Å². The molecule has 2 aliphatic rings. The van der Waals surface area contributed by atoms with Crippen LogP contribution in [-0.4, -0.2) is 40.8 Å². The fraction of sp³-hybridized carbons (Fsp3) is 0.467. The fourth-order valence-electron chi connectivity index (χ4n) is 2.83. The van der Waals surface area contributed by atoms with Gasteiger partial charge in [0.25, 0.3) is 0 Å². The van der Waals surface area contributed by atoms with Crippen LogP contribution in [0.4, 0.5) is 4.79 Å². The molecule has 1 aromatic rings. The number of carbonyl (C=O) groups is 2. The first-order chi connectivity index (χ1) is 10.1. The quantitative estimate of drug-likeness (QED) is 0.880. The number of carbonyl (C=O) groups excluding carboxylic acids is 1. The summed E-state index contributed by atoms with van der Waals surface area (Å²) in [4.78, 5) is 24.7. The van der Waals surface area contributed by atoms with Crippen LogP contribution in [-0.2, 0) is 22.6 Å². The highest BCUT2D eigenvalue weighted by molar-refractivity contribution is 5.75. The summed E-state index contributed by atoms with van der Waals surface area (Å²) in [6.07, 6.45) is 0.227. The van der Waals surface area contributed by atoms with E-state index in [-0.39, 0.29) is 12.1 Å². The van der Waals surface area contributed by atoms with Crippen molar-refractivity contribution in [2.24, 2.45) is 0 Å². The van der Waals surface area contributed by atoms with Gasteiger partial charge in [-0.3, -0.25) is 0 Å². The van der Waals surface area contributed by atoms with Gasteiger partial charge >= 0.3 is 12.0 Å². The van der Waals surface area contributed by atoms with Crippen LogP contribution in [0.1, 0.15) is 24.0 Å². The van der Waals surface area contributed by atoms with Crippen molar-refractivity contribution in [3.05, 3.63) is 35.4 Å². The lowest BCUT2D eigenvalue weighted by atomic mass is 10.1. The molecule has 2 unspecified atom stereocenters. The Kier molecular flexibility index (Phi) is 3.79. The van der Waals surface area contributed by atoms with Gasteiger partial charge in [-0.25, -0.2) is 9.59 Å². The van der Waals surface area contributed by atoms with Crippen LogP contribution in [0.3, 0.4) is 0 Å². The molecule has 6 nitrogen and oxygen atoms in total. The van der Waals surface area contributed by atoms with Crippen molar-refractivity contribution in [1.82, 2.24) is 10.2 Å².